The maximum absolute atomic E-state index is 13.1. The summed E-state index contributed by atoms with van der Waals surface area (Å²) in [6.07, 6.45) is 4.04. The lowest BCUT2D eigenvalue weighted by Gasteiger charge is -2.36. The molecule has 0 unspecified atom stereocenters. The van der Waals surface area contributed by atoms with Gasteiger partial charge in [0.2, 0.25) is 5.91 Å². The molecule has 8 nitrogen and oxygen atoms in total. The molecule has 37 heavy (non-hydrogen) atoms. The van der Waals surface area contributed by atoms with Crippen LogP contribution >= 0.6 is 0 Å². The van der Waals surface area contributed by atoms with E-state index >= 15 is 0 Å². The van der Waals surface area contributed by atoms with Crippen LogP contribution in [0, 0.1) is 11.8 Å². The fraction of sp³-hybridized carbons (Fsp3) is 0.500. The van der Waals surface area contributed by atoms with Crippen molar-refractivity contribution in [2.24, 2.45) is 17.6 Å². The van der Waals surface area contributed by atoms with E-state index in [9.17, 15) is 18.0 Å². The highest BCUT2D eigenvalue weighted by Gasteiger charge is 2.44. The molecule has 11 heteroatoms. The standard InChI is InChI=1S/C26H33F3N6O2/c1-16(2)26(24(30)36,34-15-25(27,28)29)19-8-18(10-31-11-19)22-13-33-23-21(22)9-20(12-32-23)37-14-17-4-6-35(3)7-5-17/h8-13,16-17,34H,4-7,14-15H2,1-3H3,(H2,30,36)(H,32,33)/t26-/m1/s1. The van der Waals surface area contributed by atoms with Crippen molar-refractivity contribution >= 4 is 16.9 Å². The summed E-state index contributed by atoms with van der Waals surface area (Å²) >= 11 is 0. The van der Waals surface area contributed by atoms with Gasteiger partial charge in [0.25, 0.3) is 0 Å². The van der Waals surface area contributed by atoms with Gasteiger partial charge in [-0.3, -0.25) is 15.1 Å². The summed E-state index contributed by atoms with van der Waals surface area (Å²) in [6, 6.07) is 3.54. The number of pyridine rings is 2. The van der Waals surface area contributed by atoms with Crippen molar-refractivity contribution in [1.82, 2.24) is 25.2 Å². The number of nitrogens with two attached hydrogens (primary N) is 1. The predicted octanol–water partition coefficient (Wildman–Crippen LogP) is 3.83. The molecule has 4 rings (SSSR count). The van der Waals surface area contributed by atoms with E-state index in [0.29, 0.717) is 29.5 Å². The first kappa shape index (κ1) is 26.9. The molecule has 0 aromatic carbocycles. The molecule has 1 aliphatic rings. The van der Waals surface area contributed by atoms with Crippen molar-refractivity contribution in [1.29, 1.82) is 0 Å². The first-order valence-corrected chi connectivity index (χ1v) is 12.4. The van der Waals surface area contributed by atoms with Gasteiger partial charge in [0.15, 0.2) is 0 Å². The zero-order valence-corrected chi connectivity index (χ0v) is 21.2. The number of aromatic nitrogens is 3. The van der Waals surface area contributed by atoms with Gasteiger partial charge in [-0.05, 0) is 56.9 Å². The Hall–Kier alpha value is -3.18. The van der Waals surface area contributed by atoms with Crippen LogP contribution in [-0.2, 0) is 10.3 Å². The predicted molar refractivity (Wildman–Crippen MR) is 135 cm³/mol. The van der Waals surface area contributed by atoms with E-state index in [0.717, 1.165) is 36.9 Å². The van der Waals surface area contributed by atoms with Gasteiger partial charge in [-0.15, -0.1) is 0 Å². The Labute approximate surface area is 213 Å². The van der Waals surface area contributed by atoms with Gasteiger partial charge in [0.05, 0.1) is 19.3 Å². The minimum Gasteiger partial charge on any atom is -0.492 e. The number of carbonyl (C=O) groups is 1. The van der Waals surface area contributed by atoms with Gasteiger partial charge in [-0.1, -0.05) is 13.8 Å². The average molecular weight is 519 g/mol. The lowest BCUT2D eigenvalue weighted by molar-refractivity contribution is -0.139. The van der Waals surface area contributed by atoms with Gasteiger partial charge in [-0.25, -0.2) is 4.98 Å². The van der Waals surface area contributed by atoms with Crippen LogP contribution in [0.4, 0.5) is 13.2 Å². The maximum atomic E-state index is 13.1. The number of hydrogen-bond acceptors (Lipinski definition) is 6. The molecular formula is C26H33F3N6O2. The normalized spacial score (nSPS) is 17.3. The van der Waals surface area contributed by atoms with Gasteiger partial charge in [-0.2, -0.15) is 13.2 Å². The number of H-pyrrole nitrogens is 1. The Morgan fingerprint density at radius 3 is 2.62 bits per heavy atom. The van der Waals surface area contributed by atoms with Crippen molar-refractivity contribution in [3.05, 3.63) is 42.5 Å². The van der Waals surface area contributed by atoms with Gasteiger partial charge in [0, 0.05) is 40.7 Å². The third-order valence-corrected chi connectivity index (χ3v) is 7.16. The highest BCUT2D eigenvalue weighted by Crippen LogP contribution is 2.35. The number of likely N-dealkylation sites (tertiary alicyclic amines) is 1. The van der Waals surface area contributed by atoms with Crippen LogP contribution in [0.3, 0.4) is 0 Å². The van der Waals surface area contributed by atoms with E-state index < -0.39 is 30.1 Å². The van der Waals surface area contributed by atoms with Crippen LogP contribution in [0.1, 0.15) is 32.3 Å². The van der Waals surface area contributed by atoms with Crippen molar-refractivity contribution in [3.63, 3.8) is 0 Å². The summed E-state index contributed by atoms with van der Waals surface area (Å²) in [4.78, 5) is 26.7. The highest BCUT2D eigenvalue weighted by molar-refractivity contribution is 5.94. The number of amides is 1. The summed E-state index contributed by atoms with van der Waals surface area (Å²) < 4.78 is 45.3. The van der Waals surface area contributed by atoms with E-state index in [1.54, 1.807) is 38.5 Å². The monoisotopic (exact) mass is 518 g/mol. The number of nitrogens with one attached hydrogen (secondary N) is 2. The Bertz CT molecular complexity index is 1240. The van der Waals surface area contributed by atoms with Crippen molar-refractivity contribution in [2.75, 3.05) is 33.3 Å². The number of hydrogen-bond donors (Lipinski definition) is 3. The van der Waals surface area contributed by atoms with Gasteiger partial charge >= 0.3 is 6.18 Å². The summed E-state index contributed by atoms with van der Waals surface area (Å²) in [5.74, 6) is -0.359. The van der Waals surface area contributed by atoms with E-state index in [1.807, 2.05) is 6.07 Å². The zero-order chi connectivity index (χ0) is 26.8. The van der Waals surface area contributed by atoms with E-state index in [1.165, 1.54) is 6.20 Å². The second-order valence-corrected chi connectivity index (χ2v) is 10.1. The number of alkyl halides is 3. The summed E-state index contributed by atoms with van der Waals surface area (Å²) in [5, 5.41) is 3.15. The number of nitrogens with zero attached hydrogens (tertiary/aromatic N) is 3. The topological polar surface area (TPSA) is 109 Å². The quantitative estimate of drug-likeness (QED) is 0.397. The molecule has 1 atom stereocenters. The van der Waals surface area contributed by atoms with Gasteiger partial charge < -0.3 is 20.4 Å². The summed E-state index contributed by atoms with van der Waals surface area (Å²) in [6.45, 7) is 4.63. The first-order chi connectivity index (χ1) is 17.5. The summed E-state index contributed by atoms with van der Waals surface area (Å²) in [5.41, 5.74) is 6.16. The molecule has 1 saturated heterocycles. The van der Waals surface area contributed by atoms with Crippen molar-refractivity contribution in [2.45, 2.75) is 38.4 Å². The molecule has 0 bridgehead atoms. The minimum absolute atomic E-state index is 0.258. The molecule has 4 heterocycles. The Kier molecular flexibility index (Phi) is 7.75. The molecule has 0 aliphatic carbocycles. The number of aromatic amines is 1. The maximum Gasteiger partial charge on any atom is 0.401 e. The second kappa shape index (κ2) is 10.7. The van der Waals surface area contributed by atoms with Crippen molar-refractivity contribution < 1.29 is 22.7 Å². The van der Waals surface area contributed by atoms with Crippen molar-refractivity contribution in [3.8, 4) is 16.9 Å². The van der Waals surface area contributed by atoms with E-state index in [2.05, 4.69) is 32.2 Å². The highest BCUT2D eigenvalue weighted by atomic mass is 19.4. The van der Waals surface area contributed by atoms with Crippen LogP contribution in [-0.4, -0.2) is 65.2 Å². The molecule has 1 aliphatic heterocycles. The molecule has 0 radical (unpaired) electrons. The Morgan fingerprint density at radius 2 is 1.97 bits per heavy atom. The summed E-state index contributed by atoms with van der Waals surface area (Å²) in [7, 11) is 2.12. The molecule has 200 valence electrons. The van der Waals surface area contributed by atoms with Crippen LogP contribution in [0.2, 0.25) is 0 Å². The molecule has 4 N–H and O–H groups in total. The largest absolute Gasteiger partial charge is 0.492 e. The SMILES string of the molecule is CC(C)[C@](NCC(F)(F)F)(C(N)=O)c1cncc(-c2c[nH]c3ncc(OCC4CCN(C)CC4)cc23)c1. The van der Waals surface area contributed by atoms with Crippen LogP contribution in [0.15, 0.2) is 36.9 Å². The lowest BCUT2D eigenvalue weighted by atomic mass is 9.79. The van der Waals surface area contributed by atoms with E-state index in [-0.39, 0.29) is 5.56 Å². The van der Waals surface area contributed by atoms with E-state index in [4.69, 9.17) is 10.5 Å². The zero-order valence-electron chi connectivity index (χ0n) is 21.2. The number of carbonyl (C=O) groups excluding carboxylic acids is 1. The van der Waals surface area contributed by atoms with Crippen LogP contribution in [0.5, 0.6) is 5.75 Å². The molecule has 1 amide bonds. The first-order valence-electron chi connectivity index (χ1n) is 12.4. The smallest absolute Gasteiger partial charge is 0.401 e. The Balaban J connectivity index is 1.64. The van der Waals surface area contributed by atoms with Crippen LogP contribution in [0.25, 0.3) is 22.2 Å². The molecule has 1 fully saturated rings. The fourth-order valence-corrected chi connectivity index (χ4v) is 4.94. The average Bonchev–Trinajstić information content (AvgIpc) is 3.26. The third kappa shape index (κ3) is 5.88. The number of fused-ring (bicyclic) bond motifs is 1. The number of piperidine rings is 1. The number of primary amides is 1. The molecular weight excluding hydrogens is 485 g/mol. The second-order valence-electron chi connectivity index (χ2n) is 10.1. The number of ether oxygens (including phenoxy) is 1. The number of rotatable bonds is 9. The third-order valence-electron chi connectivity index (χ3n) is 7.16. The minimum atomic E-state index is -4.52. The number of halogens is 3. The molecule has 0 spiro atoms. The molecule has 3 aromatic heterocycles. The molecule has 0 saturated carbocycles. The van der Waals surface area contributed by atoms with Crippen LogP contribution < -0.4 is 15.8 Å². The van der Waals surface area contributed by atoms with Gasteiger partial charge in [0.1, 0.15) is 16.9 Å². The lowest BCUT2D eigenvalue weighted by Crippen LogP contribution is -2.58. The fourth-order valence-electron chi connectivity index (χ4n) is 4.94. The Morgan fingerprint density at radius 1 is 1.24 bits per heavy atom. The molecule has 3 aromatic rings.